The molecule has 1 amide bonds. The van der Waals surface area contributed by atoms with E-state index in [4.69, 9.17) is 0 Å². The first kappa shape index (κ1) is 16.4. The van der Waals surface area contributed by atoms with Crippen LogP contribution in [0.1, 0.15) is 12.2 Å². The van der Waals surface area contributed by atoms with Crippen molar-refractivity contribution in [1.29, 1.82) is 0 Å². The van der Waals surface area contributed by atoms with Gasteiger partial charge in [0.05, 0.1) is 0 Å². The molecule has 3 rings (SSSR count). The number of benzene rings is 1. The molecule has 24 heavy (non-hydrogen) atoms. The summed E-state index contributed by atoms with van der Waals surface area (Å²) in [5, 5.41) is 11.1. The van der Waals surface area contributed by atoms with Gasteiger partial charge in [-0.3, -0.25) is 9.20 Å². The summed E-state index contributed by atoms with van der Waals surface area (Å²) in [5.74, 6) is 1.23. The fourth-order valence-electron chi connectivity index (χ4n) is 2.26. The highest BCUT2D eigenvalue weighted by Crippen LogP contribution is 2.18. The minimum atomic E-state index is -0.252. The Labute approximate surface area is 143 Å². The molecule has 0 saturated heterocycles. The van der Waals surface area contributed by atoms with Crippen molar-refractivity contribution in [3.63, 3.8) is 0 Å². The number of aromatic nitrogens is 3. The van der Waals surface area contributed by atoms with Gasteiger partial charge >= 0.3 is 0 Å². The van der Waals surface area contributed by atoms with Crippen LogP contribution in [0.25, 0.3) is 5.65 Å². The van der Waals surface area contributed by atoms with Crippen LogP contribution in [0.4, 0.5) is 4.39 Å². The number of hydrogen-bond donors (Lipinski definition) is 1. The van der Waals surface area contributed by atoms with Gasteiger partial charge in [-0.25, -0.2) is 4.39 Å². The smallest absolute Gasteiger partial charge is 0.220 e. The number of rotatable bonds is 7. The molecule has 0 aliphatic heterocycles. The van der Waals surface area contributed by atoms with Gasteiger partial charge in [0.25, 0.3) is 0 Å². The van der Waals surface area contributed by atoms with Crippen molar-refractivity contribution in [2.45, 2.75) is 17.7 Å². The highest BCUT2D eigenvalue weighted by Gasteiger charge is 2.06. The van der Waals surface area contributed by atoms with Gasteiger partial charge in [0.15, 0.2) is 5.65 Å². The van der Waals surface area contributed by atoms with Crippen molar-refractivity contribution in [1.82, 2.24) is 19.9 Å². The molecular formula is C17H17FN4OS. The van der Waals surface area contributed by atoms with Gasteiger partial charge in [0, 0.05) is 36.2 Å². The molecule has 2 aromatic heterocycles. The summed E-state index contributed by atoms with van der Waals surface area (Å²) in [6.45, 7) is 0.524. The molecule has 5 nitrogen and oxygen atoms in total. The second kappa shape index (κ2) is 7.92. The molecule has 2 heterocycles. The number of carbonyl (C=O) groups is 1. The summed E-state index contributed by atoms with van der Waals surface area (Å²) in [6.07, 6.45) is 2.95. The van der Waals surface area contributed by atoms with Crippen LogP contribution in [-0.4, -0.2) is 32.8 Å². The summed E-state index contributed by atoms with van der Waals surface area (Å²) >= 11 is 1.54. The van der Waals surface area contributed by atoms with E-state index < -0.39 is 0 Å². The number of carbonyl (C=O) groups excluding carboxylic acids is 1. The number of pyridine rings is 1. The summed E-state index contributed by atoms with van der Waals surface area (Å²) in [5.41, 5.74) is 0.800. The van der Waals surface area contributed by atoms with Gasteiger partial charge in [-0.1, -0.05) is 6.07 Å². The third kappa shape index (κ3) is 4.32. The van der Waals surface area contributed by atoms with Crippen molar-refractivity contribution in [2.24, 2.45) is 0 Å². The second-order valence-corrected chi connectivity index (χ2v) is 6.37. The Balaban J connectivity index is 1.39. The van der Waals surface area contributed by atoms with Gasteiger partial charge < -0.3 is 5.32 Å². The molecule has 124 valence electrons. The highest BCUT2D eigenvalue weighted by molar-refractivity contribution is 7.99. The molecule has 0 aliphatic rings. The van der Waals surface area contributed by atoms with Crippen LogP contribution in [0, 0.1) is 5.82 Å². The van der Waals surface area contributed by atoms with Gasteiger partial charge in [-0.2, -0.15) is 0 Å². The van der Waals surface area contributed by atoms with Crippen LogP contribution in [0.15, 0.2) is 53.6 Å². The van der Waals surface area contributed by atoms with Crippen molar-refractivity contribution in [2.75, 3.05) is 12.3 Å². The lowest BCUT2D eigenvalue weighted by molar-refractivity contribution is -0.120. The zero-order valence-corrected chi connectivity index (χ0v) is 13.8. The Bertz CT molecular complexity index is 819. The molecule has 0 spiro atoms. The molecule has 7 heteroatoms. The lowest BCUT2D eigenvalue weighted by atomic mass is 10.3. The largest absolute Gasteiger partial charge is 0.356 e. The molecule has 0 radical (unpaired) electrons. The van der Waals surface area contributed by atoms with Gasteiger partial charge in [-0.15, -0.1) is 22.0 Å². The fourth-order valence-corrected chi connectivity index (χ4v) is 3.11. The first-order valence-corrected chi connectivity index (χ1v) is 8.64. The predicted octanol–water partition coefficient (Wildman–Crippen LogP) is 2.71. The predicted molar refractivity (Wildman–Crippen MR) is 91.4 cm³/mol. The maximum Gasteiger partial charge on any atom is 0.220 e. The Morgan fingerprint density at radius 3 is 2.83 bits per heavy atom. The maximum atomic E-state index is 12.8. The van der Waals surface area contributed by atoms with Crippen LogP contribution in [0.3, 0.4) is 0 Å². The monoisotopic (exact) mass is 344 g/mol. The van der Waals surface area contributed by atoms with E-state index >= 15 is 0 Å². The summed E-state index contributed by atoms with van der Waals surface area (Å²) in [7, 11) is 0. The molecule has 0 aliphatic carbocycles. The van der Waals surface area contributed by atoms with Crippen LogP contribution in [-0.2, 0) is 11.2 Å². The van der Waals surface area contributed by atoms with Crippen LogP contribution in [0.2, 0.25) is 0 Å². The zero-order chi connectivity index (χ0) is 16.8. The normalized spacial score (nSPS) is 10.9. The Morgan fingerprint density at radius 1 is 1.17 bits per heavy atom. The van der Waals surface area contributed by atoms with Crippen LogP contribution in [0.5, 0.6) is 0 Å². The number of nitrogens with zero attached hydrogens (tertiary/aromatic N) is 3. The van der Waals surface area contributed by atoms with E-state index in [1.807, 2.05) is 28.8 Å². The molecule has 0 unspecified atom stereocenters. The number of amides is 1. The minimum absolute atomic E-state index is 0.00145. The Hall–Kier alpha value is -2.41. The molecule has 3 aromatic rings. The van der Waals surface area contributed by atoms with Crippen molar-refractivity contribution in [3.05, 3.63) is 60.3 Å². The maximum absolute atomic E-state index is 12.8. The van der Waals surface area contributed by atoms with E-state index in [0.717, 1.165) is 16.4 Å². The second-order valence-electron chi connectivity index (χ2n) is 5.20. The Kier molecular flexibility index (Phi) is 5.43. The third-order valence-electron chi connectivity index (χ3n) is 3.47. The first-order chi connectivity index (χ1) is 11.7. The van der Waals surface area contributed by atoms with Crippen LogP contribution < -0.4 is 5.32 Å². The minimum Gasteiger partial charge on any atom is -0.356 e. The van der Waals surface area contributed by atoms with Crippen molar-refractivity contribution < 1.29 is 9.18 Å². The zero-order valence-electron chi connectivity index (χ0n) is 13.0. The Morgan fingerprint density at radius 2 is 2.00 bits per heavy atom. The molecule has 0 saturated carbocycles. The van der Waals surface area contributed by atoms with E-state index in [1.54, 1.807) is 12.1 Å². The van der Waals surface area contributed by atoms with Crippen molar-refractivity contribution in [3.8, 4) is 0 Å². The van der Waals surface area contributed by atoms with Gasteiger partial charge in [0.2, 0.25) is 5.91 Å². The first-order valence-electron chi connectivity index (χ1n) is 7.66. The SMILES string of the molecule is O=C(CCSc1ccc(F)cc1)NCCc1nnc2ccccn12. The average molecular weight is 344 g/mol. The summed E-state index contributed by atoms with van der Waals surface area (Å²) < 4.78 is 14.7. The van der Waals surface area contributed by atoms with E-state index in [9.17, 15) is 9.18 Å². The fraction of sp³-hybridized carbons (Fsp3) is 0.235. The number of fused-ring (bicyclic) bond motifs is 1. The molecule has 0 atom stereocenters. The lowest BCUT2D eigenvalue weighted by Crippen LogP contribution is -2.26. The van der Waals surface area contributed by atoms with E-state index in [1.165, 1.54) is 23.9 Å². The summed E-state index contributed by atoms with van der Waals surface area (Å²) in [6, 6.07) is 12.0. The number of hydrogen-bond acceptors (Lipinski definition) is 4. The number of nitrogens with one attached hydrogen (secondary N) is 1. The topological polar surface area (TPSA) is 59.3 Å². The highest BCUT2D eigenvalue weighted by atomic mass is 32.2. The lowest BCUT2D eigenvalue weighted by Gasteiger charge is -2.05. The molecule has 1 aromatic carbocycles. The molecule has 0 fully saturated rings. The van der Waals surface area contributed by atoms with E-state index in [0.29, 0.717) is 25.1 Å². The van der Waals surface area contributed by atoms with Crippen molar-refractivity contribution >= 4 is 23.3 Å². The van der Waals surface area contributed by atoms with Gasteiger partial charge in [0.1, 0.15) is 11.6 Å². The van der Waals surface area contributed by atoms with E-state index in [-0.39, 0.29) is 11.7 Å². The molecule has 0 bridgehead atoms. The third-order valence-corrected chi connectivity index (χ3v) is 4.48. The average Bonchev–Trinajstić information content (AvgIpc) is 3.00. The number of thioether (sulfide) groups is 1. The quantitative estimate of drug-likeness (QED) is 0.670. The number of halogens is 1. The van der Waals surface area contributed by atoms with Gasteiger partial charge in [-0.05, 0) is 36.4 Å². The van der Waals surface area contributed by atoms with E-state index in [2.05, 4.69) is 15.5 Å². The molecule has 1 N–H and O–H groups in total. The van der Waals surface area contributed by atoms with Crippen LogP contribution >= 0.6 is 11.8 Å². The standard InChI is InChI=1S/C17H17FN4OS/c18-13-4-6-14(7-5-13)24-12-9-17(23)19-10-8-16-21-20-15-3-1-2-11-22(15)16/h1-7,11H,8-10,12H2,(H,19,23). The molecular weight excluding hydrogens is 327 g/mol. The summed E-state index contributed by atoms with van der Waals surface area (Å²) in [4.78, 5) is 12.8.